The molecule has 4 aromatic rings. The number of hydrogen-bond donors (Lipinski definition) is 1. The lowest BCUT2D eigenvalue weighted by Gasteiger charge is -2.09. The van der Waals surface area contributed by atoms with Gasteiger partial charge in [0.25, 0.3) is 0 Å². The molecule has 2 aromatic heterocycles. The highest BCUT2D eigenvalue weighted by Crippen LogP contribution is 2.29. The minimum Gasteiger partial charge on any atom is -0.489 e. The highest BCUT2D eigenvalue weighted by atomic mass is 16.5. The van der Waals surface area contributed by atoms with Crippen LogP contribution < -0.4 is 4.74 Å². The summed E-state index contributed by atoms with van der Waals surface area (Å²) in [5.74, 6) is 1.39. The van der Waals surface area contributed by atoms with Crippen LogP contribution in [0.25, 0.3) is 22.5 Å². The maximum absolute atomic E-state index is 5.75. The van der Waals surface area contributed by atoms with E-state index in [2.05, 4.69) is 49.9 Å². The lowest BCUT2D eigenvalue weighted by Crippen LogP contribution is -1.95. The fourth-order valence-electron chi connectivity index (χ4n) is 2.59. The lowest BCUT2D eigenvalue weighted by molar-refractivity contribution is 0.306. The molecule has 0 bridgehead atoms. The average Bonchev–Trinajstić information content (AvgIpc) is 3.22. The summed E-state index contributed by atoms with van der Waals surface area (Å²) >= 11 is 0. The maximum atomic E-state index is 5.75. The monoisotopic (exact) mass is 329 g/mol. The zero-order valence-corrected chi connectivity index (χ0v) is 13.3. The summed E-state index contributed by atoms with van der Waals surface area (Å²) in [5.41, 5.74) is 4.19. The standard InChI is InChI=1S/C19H15N5O/c1-2-4-18(19-21-23-24-22-19)17(3-1)15-7-5-14(6-8-15)13-25-16-9-11-20-12-10-16/h1-12H,13H2,(H,21,22,23,24). The molecule has 0 aliphatic carbocycles. The van der Waals surface area contributed by atoms with E-state index < -0.39 is 0 Å². The van der Waals surface area contributed by atoms with E-state index in [1.807, 2.05) is 36.4 Å². The van der Waals surface area contributed by atoms with Gasteiger partial charge < -0.3 is 4.74 Å². The Morgan fingerprint density at radius 3 is 2.32 bits per heavy atom. The zero-order valence-electron chi connectivity index (χ0n) is 13.3. The van der Waals surface area contributed by atoms with Gasteiger partial charge in [0, 0.05) is 18.0 Å². The fourth-order valence-corrected chi connectivity index (χ4v) is 2.59. The number of aromatic nitrogens is 5. The van der Waals surface area contributed by atoms with E-state index in [0.29, 0.717) is 12.4 Å². The van der Waals surface area contributed by atoms with Crippen molar-refractivity contribution >= 4 is 0 Å². The summed E-state index contributed by atoms with van der Waals surface area (Å²) in [6, 6.07) is 20.0. The van der Waals surface area contributed by atoms with Gasteiger partial charge >= 0.3 is 0 Å². The molecule has 2 heterocycles. The molecule has 6 heteroatoms. The molecule has 0 spiro atoms. The van der Waals surface area contributed by atoms with E-state index in [1.54, 1.807) is 12.4 Å². The van der Waals surface area contributed by atoms with Crippen molar-refractivity contribution in [2.75, 3.05) is 0 Å². The van der Waals surface area contributed by atoms with Gasteiger partial charge in [0.1, 0.15) is 12.4 Å². The molecule has 0 radical (unpaired) electrons. The first kappa shape index (κ1) is 15.0. The highest BCUT2D eigenvalue weighted by molar-refractivity contribution is 5.80. The van der Waals surface area contributed by atoms with Gasteiger partial charge in [0.15, 0.2) is 0 Å². The van der Waals surface area contributed by atoms with E-state index in [9.17, 15) is 0 Å². The van der Waals surface area contributed by atoms with Crippen molar-refractivity contribution in [3.8, 4) is 28.3 Å². The molecular formula is C19H15N5O. The van der Waals surface area contributed by atoms with Crippen LogP contribution in [-0.4, -0.2) is 25.6 Å². The molecule has 25 heavy (non-hydrogen) atoms. The molecule has 122 valence electrons. The number of rotatable bonds is 5. The quantitative estimate of drug-likeness (QED) is 0.606. The number of pyridine rings is 1. The van der Waals surface area contributed by atoms with Gasteiger partial charge in [-0.25, -0.2) is 0 Å². The van der Waals surface area contributed by atoms with Crippen LogP contribution in [0.1, 0.15) is 5.56 Å². The first-order valence-corrected chi connectivity index (χ1v) is 7.85. The van der Waals surface area contributed by atoms with Crippen LogP contribution >= 0.6 is 0 Å². The van der Waals surface area contributed by atoms with Crippen LogP contribution in [0.5, 0.6) is 5.75 Å². The van der Waals surface area contributed by atoms with E-state index in [-0.39, 0.29) is 0 Å². The Kier molecular flexibility index (Phi) is 4.16. The summed E-state index contributed by atoms with van der Waals surface area (Å²) in [6.45, 7) is 0.511. The zero-order chi connectivity index (χ0) is 16.9. The van der Waals surface area contributed by atoms with E-state index >= 15 is 0 Å². The van der Waals surface area contributed by atoms with E-state index in [4.69, 9.17) is 4.74 Å². The number of H-pyrrole nitrogens is 1. The first-order chi connectivity index (χ1) is 12.4. The smallest absolute Gasteiger partial charge is 0.205 e. The van der Waals surface area contributed by atoms with Gasteiger partial charge in [0.2, 0.25) is 5.82 Å². The number of nitrogens with one attached hydrogen (secondary N) is 1. The predicted octanol–water partition coefficient (Wildman–Crippen LogP) is 3.51. The third-order valence-corrected chi connectivity index (χ3v) is 3.83. The van der Waals surface area contributed by atoms with Crippen molar-refractivity contribution in [3.05, 3.63) is 78.6 Å². The molecule has 0 amide bonds. The molecule has 0 aliphatic rings. The Morgan fingerprint density at radius 2 is 1.60 bits per heavy atom. The molecule has 0 saturated heterocycles. The van der Waals surface area contributed by atoms with Crippen LogP contribution in [0.4, 0.5) is 0 Å². The molecule has 2 aromatic carbocycles. The van der Waals surface area contributed by atoms with Crippen LogP contribution in [0.2, 0.25) is 0 Å². The van der Waals surface area contributed by atoms with Crippen molar-refractivity contribution in [1.82, 2.24) is 25.6 Å². The van der Waals surface area contributed by atoms with Crippen LogP contribution in [0, 0.1) is 0 Å². The number of hydrogen-bond acceptors (Lipinski definition) is 5. The van der Waals surface area contributed by atoms with Crippen molar-refractivity contribution in [1.29, 1.82) is 0 Å². The summed E-state index contributed by atoms with van der Waals surface area (Å²) in [7, 11) is 0. The predicted molar refractivity (Wildman–Crippen MR) is 93.6 cm³/mol. The van der Waals surface area contributed by atoms with Crippen molar-refractivity contribution in [2.24, 2.45) is 0 Å². The topological polar surface area (TPSA) is 76.6 Å². The average molecular weight is 329 g/mol. The Morgan fingerprint density at radius 1 is 0.840 bits per heavy atom. The molecule has 6 nitrogen and oxygen atoms in total. The summed E-state index contributed by atoms with van der Waals surface area (Å²) < 4.78 is 5.75. The van der Waals surface area contributed by atoms with Gasteiger partial charge in [0.05, 0.1) is 0 Å². The van der Waals surface area contributed by atoms with Crippen LogP contribution in [0.3, 0.4) is 0 Å². The summed E-state index contributed by atoms with van der Waals surface area (Å²) in [6.07, 6.45) is 3.43. The molecular weight excluding hydrogens is 314 g/mol. The third-order valence-electron chi connectivity index (χ3n) is 3.83. The van der Waals surface area contributed by atoms with Crippen molar-refractivity contribution in [3.63, 3.8) is 0 Å². The molecule has 0 fully saturated rings. The van der Waals surface area contributed by atoms with Gasteiger partial charge in [-0.2, -0.15) is 5.21 Å². The van der Waals surface area contributed by atoms with Crippen molar-refractivity contribution < 1.29 is 4.74 Å². The molecule has 1 N–H and O–H groups in total. The first-order valence-electron chi connectivity index (χ1n) is 7.85. The SMILES string of the molecule is c1ccc(-c2nn[nH]n2)c(-c2ccc(COc3ccncc3)cc2)c1. The highest BCUT2D eigenvalue weighted by Gasteiger charge is 2.10. The number of ether oxygens (including phenoxy) is 1. The van der Waals surface area contributed by atoms with Gasteiger partial charge in [-0.05, 0) is 34.0 Å². The Labute approximate surface area is 144 Å². The minimum atomic E-state index is 0.511. The van der Waals surface area contributed by atoms with Crippen molar-refractivity contribution in [2.45, 2.75) is 6.61 Å². The largest absolute Gasteiger partial charge is 0.489 e. The van der Waals surface area contributed by atoms with E-state index in [0.717, 1.165) is 28.0 Å². The van der Waals surface area contributed by atoms with Gasteiger partial charge in [-0.3, -0.25) is 4.98 Å². The maximum Gasteiger partial charge on any atom is 0.205 e. The summed E-state index contributed by atoms with van der Waals surface area (Å²) in [4.78, 5) is 3.98. The minimum absolute atomic E-state index is 0.511. The van der Waals surface area contributed by atoms with Crippen LogP contribution in [-0.2, 0) is 6.61 Å². The Balaban J connectivity index is 1.55. The Hall–Kier alpha value is -3.54. The van der Waals surface area contributed by atoms with Crippen LogP contribution in [0.15, 0.2) is 73.1 Å². The number of aromatic amines is 1. The third kappa shape index (κ3) is 3.37. The normalized spacial score (nSPS) is 10.6. The van der Waals surface area contributed by atoms with E-state index in [1.165, 1.54) is 0 Å². The lowest BCUT2D eigenvalue weighted by atomic mass is 9.98. The van der Waals surface area contributed by atoms with Gasteiger partial charge in [-0.15, -0.1) is 10.2 Å². The molecule has 0 aliphatic heterocycles. The number of tetrazole rings is 1. The molecule has 4 rings (SSSR count). The molecule has 0 saturated carbocycles. The summed E-state index contributed by atoms with van der Waals surface area (Å²) in [5, 5.41) is 14.3. The second-order valence-corrected chi connectivity index (χ2v) is 5.45. The number of nitrogens with zero attached hydrogens (tertiary/aromatic N) is 4. The second kappa shape index (κ2) is 6.92. The fraction of sp³-hybridized carbons (Fsp3) is 0.0526. The van der Waals surface area contributed by atoms with Gasteiger partial charge in [-0.1, -0.05) is 48.5 Å². The molecule has 0 unspecified atom stereocenters. The number of benzene rings is 2. The second-order valence-electron chi connectivity index (χ2n) is 5.45. The Bertz CT molecular complexity index is 937. The molecule has 0 atom stereocenters.